The summed E-state index contributed by atoms with van der Waals surface area (Å²) >= 11 is 11.2. The maximum Gasteiger partial charge on any atom is 0.270 e. The highest BCUT2D eigenvalue weighted by Gasteiger charge is 2.34. The van der Waals surface area contributed by atoms with Crippen molar-refractivity contribution in [2.45, 2.75) is 20.0 Å². The van der Waals surface area contributed by atoms with E-state index in [1.165, 1.54) is 4.90 Å². The average Bonchev–Trinajstić information content (AvgIpc) is 2.82. The number of nitrogens with one attached hydrogen (secondary N) is 1. The molecule has 5 nitrogen and oxygen atoms in total. The number of carbonyl (C=O) groups is 2. The predicted octanol–water partition coefficient (Wildman–Crippen LogP) is 5.31. The Morgan fingerprint density at radius 2 is 1.58 bits per heavy atom. The molecule has 0 spiro atoms. The third-order valence-corrected chi connectivity index (χ3v) is 5.75. The minimum Gasteiger partial charge on any atom is -0.489 e. The topological polar surface area (TPSA) is 58.6 Å². The van der Waals surface area contributed by atoms with Crippen molar-refractivity contribution in [1.29, 1.82) is 0 Å². The first-order valence-electron chi connectivity index (χ1n) is 10.4. The number of rotatable bonds is 6. The van der Waals surface area contributed by atoms with Crippen LogP contribution in [0.1, 0.15) is 23.6 Å². The maximum atomic E-state index is 13.1. The predicted molar refractivity (Wildman–Crippen MR) is 134 cm³/mol. The van der Waals surface area contributed by atoms with Crippen molar-refractivity contribution < 1.29 is 14.3 Å². The Hall–Kier alpha value is -3.48. The van der Waals surface area contributed by atoms with Crippen LogP contribution in [-0.4, -0.2) is 16.9 Å². The molecular formula is C26H21ClN2O3S. The van der Waals surface area contributed by atoms with E-state index < -0.39 is 11.8 Å². The lowest BCUT2D eigenvalue weighted by Gasteiger charge is -2.29. The molecule has 0 aromatic heterocycles. The molecule has 0 aliphatic carbocycles. The number of nitrogens with zero attached hydrogens (tertiary/aromatic N) is 1. The highest BCUT2D eigenvalue weighted by molar-refractivity contribution is 7.80. The molecule has 1 fully saturated rings. The van der Waals surface area contributed by atoms with Crippen LogP contribution in [0.25, 0.3) is 6.08 Å². The summed E-state index contributed by atoms with van der Waals surface area (Å²) in [6, 6.07) is 22.1. The standard InChI is InChI=1S/C26H21ClN2O3S/c1-2-17-5-11-21(12-6-17)29-25(31)23(24(30)28-26(29)33)15-18-7-13-22(14-8-18)32-16-19-3-9-20(27)10-4-19/h3-15H,2,16H2,1H3,(H,28,30,33)/b23-15+. The van der Waals surface area contributed by atoms with Gasteiger partial charge in [-0.3, -0.25) is 19.8 Å². The maximum absolute atomic E-state index is 13.1. The van der Waals surface area contributed by atoms with Crippen molar-refractivity contribution in [2.75, 3.05) is 4.90 Å². The molecule has 3 aromatic carbocycles. The van der Waals surface area contributed by atoms with Gasteiger partial charge in [0.15, 0.2) is 5.11 Å². The molecule has 0 atom stereocenters. The van der Waals surface area contributed by atoms with Crippen LogP contribution in [0.15, 0.2) is 78.4 Å². The number of benzene rings is 3. The van der Waals surface area contributed by atoms with Gasteiger partial charge in [0.05, 0.1) is 5.69 Å². The van der Waals surface area contributed by atoms with Gasteiger partial charge in [-0.2, -0.15) is 0 Å². The molecule has 166 valence electrons. The lowest BCUT2D eigenvalue weighted by Crippen LogP contribution is -2.54. The molecule has 1 N–H and O–H groups in total. The average molecular weight is 477 g/mol. The van der Waals surface area contributed by atoms with Gasteiger partial charge in [0, 0.05) is 5.02 Å². The van der Waals surface area contributed by atoms with E-state index in [4.69, 9.17) is 28.6 Å². The molecule has 7 heteroatoms. The number of hydrogen-bond donors (Lipinski definition) is 1. The first-order valence-corrected chi connectivity index (χ1v) is 11.2. The van der Waals surface area contributed by atoms with E-state index in [9.17, 15) is 9.59 Å². The third kappa shape index (κ3) is 5.30. The van der Waals surface area contributed by atoms with Crippen molar-refractivity contribution in [1.82, 2.24) is 5.32 Å². The van der Waals surface area contributed by atoms with Crippen molar-refractivity contribution >= 4 is 52.5 Å². The first-order chi connectivity index (χ1) is 15.9. The van der Waals surface area contributed by atoms with E-state index in [1.54, 1.807) is 30.3 Å². The van der Waals surface area contributed by atoms with Crippen molar-refractivity contribution in [3.63, 3.8) is 0 Å². The van der Waals surface area contributed by atoms with Gasteiger partial charge in [-0.25, -0.2) is 0 Å². The Balaban J connectivity index is 1.50. The number of anilines is 1. The van der Waals surface area contributed by atoms with Crippen LogP contribution in [0.4, 0.5) is 5.69 Å². The van der Waals surface area contributed by atoms with Gasteiger partial charge in [0.1, 0.15) is 17.9 Å². The fourth-order valence-corrected chi connectivity index (χ4v) is 3.75. The van der Waals surface area contributed by atoms with Crippen LogP contribution in [0.5, 0.6) is 5.75 Å². The minimum atomic E-state index is -0.519. The lowest BCUT2D eigenvalue weighted by atomic mass is 10.1. The summed E-state index contributed by atoms with van der Waals surface area (Å²) in [5.74, 6) is -0.309. The van der Waals surface area contributed by atoms with Gasteiger partial charge in [-0.15, -0.1) is 0 Å². The fraction of sp³-hybridized carbons (Fsp3) is 0.115. The lowest BCUT2D eigenvalue weighted by molar-refractivity contribution is -0.122. The number of ether oxygens (including phenoxy) is 1. The quantitative estimate of drug-likeness (QED) is 0.297. The fourth-order valence-electron chi connectivity index (χ4n) is 3.35. The number of hydrogen-bond acceptors (Lipinski definition) is 4. The molecule has 2 amide bonds. The van der Waals surface area contributed by atoms with Crippen LogP contribution in [0.2, 0.25) is 5.02 Å². The van der Waals surface area contributed by atoms with E-state index in [2.05, 4.69) is 12.2 Å². The molecule has 4 rings (SSSR count). The Morgan fingerprint density at radius 1 is 0.939 bits per heavy atom. The zero-order valence-electron chi connectivity index (χ0n) is 17.9. The van der Waals surface area contributed by atoms with Gasteiger partial charge in [0.25, 0.3) is 11.8 Å². The SMILES string of the molecule is CCc1ccc(N2C(=O)/C(=C/c3ccc(OCc4ccc(Cl)cc4)cc3)C(=O)NC2=S)cc1. The second kappa shape index (κ2) is 9.98. The molecular weight excluding hydrogens is 456 g/mol. The summed E-state index contributed by atoms with van der Waals surface area (Å²) in [6.45, 7) is 2.46. The number of halogens is 1. The van der Waals surface area contributed by atoms with E-state index in [-0.39, 0.29) is 10.7 Å². The van der Waals surface area contributed by atoms with Crippen LogP contribution >= 0.6 is 23.8 Å². The van der Waals surface area contributed by atoms with E-state index in [0.717, 1.165) is 17.5 Å². The van der Waals surface area contributed by atoms with E-state index in [1.807, 2.05) is 48.5 Å². The highest BCUT2D eigenvalue weighted by atomic mass is 35.5. The second-order valence-electron chi connectivity index (χ2n) is 7.46. The normalized spacial score (nSPS) is 15.0. The van der Waals surface area contributed by atoms with Crippen molar-refractivity contribution in [3.8, 4) is 5.75 Å². The van der Waals surface area contributed by atoms with Crippen LogP contribution in [0, 0.1) is 0 Å². The largest absolute Gasteiger partial charge is 0.489 e. The summed E-state index contributed by atoms with van der Waals surface area (Å²) in [6.07, 6.45) is 2.44. The molecule has 0 bridgehead atoms. The molecule has 1 aliphatic rings. The van der Waals surface area contributed by atoms with Crippen LogP contribution in [0.3, 0.4) is 0 Å². The zero-order valence-corrected chi connectivity index (χ0v) is 19.5. The molecule has 1 aliphatic heterocycles. The van der Waals surface area contributed by atoms with Crippen molar-refractivity contribution in [2.24, 2.45) is 0 Å². The number of amides is 2. The number of thiocarbonyl (C=S) groups is 1. The van der Waals surface area contributed by atoms with Crippen LogP contribution < -0.4 is 15.0 Å². The number of carbonyl (C=O) groups excluding carboxylic acids is 2. The Bertz CT molecular complexity index is 1220. The number of aryl methyl sites for hydroxylation is 1. The van der Waals surface area contributed by atoms with Crippen LogP contribution in [-0.2, 0) is 22.6 Å². The van der Waals surface area contributed by atoms with E-state index >= 15 is 0 Å². The monoisotopic (exact) mass is 476 g/mol. The minimum absolute atomic E-state index is 0.0120. The molecule has 0 unspecified atom stereocenters. The van der Waals surface area contributed by atoms with Gasteiger partial charge in [0.2, 0.25) is 0 Å². The summed E-state index contributed by atoms with van der Waals surface area (Å²) in [4.78, 5) is 27.0. The summed E-state index contributed by atoms with van der Waals surface area (Å²) < 4.78 is 5.79. The zero-order chi connectivity index (χ0) is 23.4. The molecule has 1 saturated heterocycles. The van der Waals surface area contributed by atoms with Gasteiger partial charge in [-0.1, -0.05) is 54.9 Å². The Morgan fingerprint density at radius 3 is 2.21 bits per heavy atom. The molecule has 0 saturated carbocycles. The summed E-state index contributed by atoms with van der Waals surface area (Å²) in [5, 5.41) is 3.35. The smallest absolute Gasteiger partial charge is 0.270 e. The second-order valence-corrected chi connectivity index (χ2v) is 8.29. The van der Waals surface area contributed by atoms with Gasteiger partial charge < -0.3 is 4.74 Å². The molecule has 0 radical (unpaired) electrons. The van der Waals surface area contributed by atoms with Gasteiger partial charge in [-0.05, 0) is 77.8 Å². The Labute approximate surface area is 202 Å². The van der Waals surface area contributed by atoms with Crippen molar-refractivity contribution in [3.05, 3.63) is 100 Å². The summed E-state index contributed by atoms with van der Waals surface area (Å²) in [7, 11) is 0. The molecule has 33 heavy (non-hydrogen) atoms. The van der Waals surface area contributed by atoms with Gasteiger partial charge >= 0.3 is 0 Å². The molecule has 1 heterocycles. The first kappa shape index (κ1) is 22.7. The highest BCUT2D eigenvalue weighted by Crippen LogP contribution is 2.23. The molecule has 3 aromatic rings. The van der Waals surface area contributed by atoms with E-state index in [0.29, 0.717) is 28.6 Å². The third-order valence-electron chi connectivity index (χ3n) is 5.21. The Kier molecular flexibility index (Phi) is 6.87. The summed E-state index contributed by atoms with van der Waals surface area (Å²) in [5.41, 5.74) is 3.46.